The molecule has 0 aliphatic heterocycles. The second-order valence-corrected chi connectivity index (χ2v) is 9.27. The van der Waals surface area contributed by atoms with Gasteiger partial charge < -0.3 is 55.3 Å². The normalized spacial score (nSPS) is 22.4. The van der Waals surface area contributed by atoms with Crippen molar-refractivity contribution in [3.63, 3.8) is 0 Å². The Kier molecular flexibility index (Phi) is 9.17. The number of para-hydroxylation sites is 4. The molecule has 1 aliphatic carbocycles. The first-order valence-electron chi connectivity index (χ1n) is 12.5. The van der Waals surface area contributed by atoms with Crippen LogP contribution in [0, 0.1) is 5.92 Å². The minimum atomic E-state index is -1.53. The van der Waals surface area contributed by atoms with Crippen LogP contribution in [0.1, 0.15) is 16.8 Å². The molecule has 0 spiro atoms. The van der Waals surface area contributed by atoms with Gasteiger partial charge in [-0.3, -0.25) is 4.79 Å². The number of nitrogens with one attached hydrogen (secondary N) is 1. The molecule has 12 heteroatoms. The fourth-order valence-corrected chi connectivity index (χ4v) is 4.32. The summed E-state index contributed by atoms with van der Waals surface area (Å²) in [7, 11) is 0. The van der Waals surface area contributed by atoms with E-state index in [0.29, 0.717) is 11.4 Å². The zero-order chi connectivity index (χ0) is 28.8. The molecule has 8 N–H and O–H groups in total. The maximum Gasteiger partial charge on any atom is 0.259 e. The van der Waals surface area contributed by atoms with Crippen LogP contribution in [0.5, 0.6) is 34.5 Å². The highest BCUT2D eigenvalue weighted by molar-refractivity contribution is 6.07. The maximum atomic E-state index is 12.6. The predicted molar refractivity (Wildman–Crippen MR) is 141 cm³/mol. The number of aliphatic hydroxyl groups excluding tert-OH is 4. The van der Waals surface area contributed by atoms with Crippen LogP contribution >= 0.6 is 0 Å². The standard InChI is InChI=1S/C28H31NO11/c30-18-7-3-5-16(24(18)34)28(37)29-17-6-1-2-9-21(17)38-11-12-39-22-10-4-8-19(31)27(22)40-14-15-13-20(32)25(35)26(36)23(15)33/h1-10,15,20,23,25-26,30-36H,11-14H2,(H,29,37)/t15-,20?,23-,25+,26+/m1/s1. The van der Waals surface area contributed by atoms with Crippen LogP contribution in [-0.2, 0) is 0 Å². The Balaban J connectivity index is 1.34. The molecule has 3 aromatic rings. The molecule has 0 saturated heterocycles. The van der Waals surface area contributed by atoms with Gasteiger partial charge in [0.15, 0.2) is 23.0 Å². The van der Waals surface area contributed by atoms with Crippen molar-refractivity contribution < 1.29 is 54.8 Å². The predicted octanol–water partition coefficient (Wildman–Crippen LogP) is 1.36. The number of hydrogen-bond donors (Lipinski definition) is 8. The minimum Gasteiger partial charge on any atom is -0.504 e. The van der Waals surface area contributed by atoms with Gasteiger partial charge in [0.1, 0.15) is 31.2 Å². The Morgan fingerprint density at radius 1 is 0.750 bits per heavy atom. The molecule has 12 nitrogen and oxygen atoms in total. The molecular formula is C28H31NO11. The van der Waals surface area contributed by atoms with Crippen LogP contribution < -0.4 is 19.5 Å². The second kappa shape index (κ2) is 12.7. The summed E-state index contributed by atoms with van der Waals surface area (Å²) in [5.41, 5.74) is 0.202. The van der Waals surface area contributed by atoms with Gasteiger partial charge in [-0.15, -0.1) is 0 Å². The highest BCUT2D eigenvalue weighted by atomic mass is 16.5. The summed E-state index contributed by atoms with van der Waals surface area (Å²) in [6.07, 6.45) is -5.58. The van der Waals surface area contributed by atoms with E-state index >= 15 is 0 Å². The second-order valence-electron chi connectivity index (χ2n) is 9.27. The molecular weight excluding hydrogens is 526 g/mol. The van der Waals surface area contributed by atoms with Crippen molar-refractivity contribution in [3.05, 3.63) is 66.2 Å². The fraction of sp³-hybridized carbons (Fsp3) is 0.321. The number of hydrogen-bond acceptors (Lipinski definition) is 11. The van der Waals surface area contributed by atoms with Crippen molar-refractivity contribution in [1.29, 1.82) is 0 Å². The van der Waals surface area contributed by atoms with Crippen molar-refractivity contribution >= 4 is 11.6 Å². The van der Waals surface area contributed by atoms with E-state index in [1.165, 1.54) is 24.3 Å². The maximum absolute atomic E-state index is 12.6. The number of ether oxygens (including phenoxy) is 3. The number of carbonyl (C=O) groups is 1. The smallest absolute Gasteiger partial charge is 0.259 e. The van der Waals surface area contributed by atoms with Gasteiger partial charge in [0, 0.05) is 5.92 Å². The first-order chi connectivity index (χ1) is 19.2. The Morgan fingerprint density at radius 2 is 1.40 bits per heavy atom. The summed E-state index contributed by atoms with van der Waals surface area (Å²) in [5, 5.41) is 72.4. The third-order valence-corrected chi connectivity index (χ3v) is 6.51. The molecule has 0 bridgehead atoms. The van der Waals surface area contributed by atoms with Gasteiger partial charge in [-0.25, -0.2) is 0 Å². The molecule has 0 aromatic heterocycles. The van der Waals surface area contributed by atoms with E-state index in [1.807, 2.05) is 0 Å². The number of aliphatic hydroxyl groups is 4. The van der Waals surface area contributed by atoms with E-state index < -0.39 is 47.7 Å². The number of phenolic OH excluding ortho intramolecular Hbond substituents is 3. The number of benzene rings is 3. The van der Waals surface area contributed by atoms with Crippen LogP contribution in [-0.4, -0.2) is 85.9 Å². The SMILES string of the molecule is O=C(Nc1ccccc1OCCOc1cccc(O)c1OC[C@H]1CC(O)[C@H](O)[C@@H](O)[C@@H]1O)c1cccc(O)c1O. The lowest BCUT2D eigenvalue weighted by Crippen LogP contribution is -2.54. The van der Waals surface area contributed by atoms with Crippen LogP contribution in [0.3, 0.4) is 0 Å². The highest BCUT2D eigenvalue weighted by Gasteiger charge is 2.42. The molecule has 1 saturated carbocycles. The topological polar surface area (TPSA) is 198 Å². The van der Waals surface area contributed by atoms with E-state index in [9.17, 15) is 40.5 Å². The average molecular weight is 558 g/mol. The Hall–Kier alpha value is -4.23. The molecule has 4 rings (SSSR count). The lowest BCUT2D eigenvalue weighted by Gasteiger charge is -2.38. The summed E-state index contributed by atoms with van der Waals surface area (Å²) >= 11 is 0. The zero-order valence-electron chi connectivity index (χ0n) is 21.3. The van der Waals surface area contributed by atoms with Gasteiger partial charge in [-0.1, -0.05) is 24.3 Å². The van der Waals surface area contributed by atoms with E-state index in [-0.39, 0.29) is 49.1 Å². The number of aromatic hydroxyl groups is 3. The van der Waals surface area contributed by atoms with Crippen LogP contribution in [0.25, 0.3) is 0 Å². The van der Waals surface area contributed by atoms with Gasteiger partial charge in [-0.05, 0) is 42.8 Å². The Bertz CT molecular complexity index is 1320. The number of amides is 1. The largest absolute Gasteiger partial charge is 0.504 e. The lowest BCUT2D eigenvalue weighted by atomic mass is 9.81. The van der Waals surface area contributed by atoms with Crippen molar-refractivity contribution in [3.8, 4) is 34.5 Å². The highest BCUT2D eigenvalue weighted by Crippen LogP contribution is 2.38. The summed E-state index contributed by atoms with van der Waals surface area (Å²) in [4.78, 5) is 12.6. The van der Waals surface area contributed by atoms with E-state index in [2.05, 4.69) is 5.32 Å². The molecule has 1 unspecified atom stereocenters. The molecule has 5 atom stereocenters. The molecule has 1 aliphatic rings. The number of rotatable bonds is 10. The first kappa shape index (κ1) is 28.8. The van der Waals surface area contributed by atoms with Crippen molar-refractivity contribution in [2.24, 2.45) is 5.92 Å². The first-order valence-corrected chi connectivity index (χ1v) is 12.5. The van der Waals surface area contributed by atoms with Gasteiger partial charge >= 0.3 is 0 Å². The summed E-state index contributed by atoms with van der Waals surface area (Å²) < 4.78 is 17.2. The number of anilines is 1. The molecule has 40 heavy (non-hydrogen) atoms. The van der Waals surface area contributed by atoms with Gasteiger partial charge in [0.05, 0.1) is 30.1 Å². The third-order valence-electron chi connectivity index (χ3n) is 6.51. The van der Waals surface area contributed by atoms with Gasteiger partial charge in [-0.2, -0.15) is 0 Å². The Labute approximate surface area is 229 Å². The van der Waals surface area contributed by atoms with Crippen LogP contribution in [0.2, 0.25) is 0 Å². The minimum absolute atomic E-state index is 0.00507. The molecule has 0 heterocycles. The quantitative estimate of drug-likeness (QED) is 0.132. The average Bonchev–Trinajstić information content (AvgIpc) is 2.94. The molecule has 1 amide bonds. The van der Waals surface area contributed by atoms with Crippen LogP contribution in [0.15, 0.2) is 60.7 Å². The summed E-state index contributed by atoms with van der Waals surface area (Å²) in [5.74, 6) is -2.07. The van der Waals surface area contributed by atoms with E-state index in [0.717, 1.165) is 0 Å². The number of carbonyl (C=O) groups excluding carboxylic acids is 1. The number of phenols is 3. The van der Waals surface area contributed by atoms with Crippen LogP contribution in [0.4, 0.5) is 5.69 Å². The van der Waals surface area contributed by atoms with Crippen molar-refractivity contribution in [1.82, 2.24) is 0 Å². The summed E-state index contributed by atoms with van der Waals surface area (Å²) in [6.45, 7) is -0.143. The van der Waals surface area contributed by atoms with Gasteiger partial charge in [0.25, 0.3) is 5.91 Å². The molecule has 214 valence electrons. The van der Waals surface area contributed by atoms with Gasteiger partial charge in [0.2, 0.25) is 5.75 Å². The Morgan fingerprint density at radius 3 is 2.17 bits per heavy atom. The third kappa shape index (κ3) is 6.49. The molecule has 3 aromatic carbocycles. The molecule has 0 radical (unpaired) electrons. The fourth-order valence-electron chi connectivity index (χ4n) is 4.32. The van der Waals surface area contributed by atoms with E-state index in [1.54, 1.807) is 36.4 Å². The zero-order valence-corrected chi connectivity index (χ0v) is 21.3. The monoisotopic (exact) mass is 557 g/mol. The lowest BCUT2D eigenvalue weighted by molar-refractivity contribution is -0.161. The van der Waals surface area contributed by atoms with Crippen molar-refractivity contribution in [2.45, 2.75) is 30.8 Å². The molecule has 1 fully saturated rings. The van der Waals surface area contributed by atoms with E-state index in [4.69, 9.17) is 14.2 Å². The summed E-state index contributed by atoms with van der Waals surface area (Å²) in [6, 6.07) is 15.1. The van der Waals surface area contributed by atoms with Crippen molar-refractivity contribution in [2.75, 3.05) is 25.1 Å².